The fourth-order valence-corrected chi connectivity index (χ4v) is 2.32. The summed E-state index contributed by atoms with van der Waals surface area (Å²) in [5.41, 5.74) is 2.23. The van der Waals surface area contributed by atoms with E-state index in [1.54, 1.807) is 23.9 Å². The van der Waals surface area contributed by atoms with Crippen molar-refractivity contribution in [1.29, 1.82) is 0 Å². The lowest BCUT2D eigenvalue weighted by Gasteiger charge is -2.09. The number of hydrogen-bond donors (Lipinski definition) is 1. The minimum Gasteiger partial charge on any atom is -0.481 e. The van der Waals surface area contributed by atoms with E-state index in [0.717, 1.165) is 15.7 Å². The van der Waals surface area contributed by atoms with Crippen molar-refractivity contribution < 1.29 is 9.13 Å². The number of anilines is 1. The van der Waals surface area contributed by atoms with Gasteiger partial charge in [0.2, 0.25) is 5.88 Å². The molecule has 1 N–H and O–H groups in total. The van der Waals surface area contributed by atoms with Crippen molar-refractivity contribution in [3.8, 4) is 5.88 Å². The van der Waals surface area contributed by atoms with Crippen LogP contribution in [0.25, 0.3) is 0 Å². The third kappa shape index (κ3) is 2.89. The number of aryl methyl sites for hydroxylation is 2. The van der Waals surface area contributed by atoms with Gasteiger partial charge in [0.1, 0.15) is 5.82 Å². The Morgan fingerprint density at radius 3 is 2.89 bits per heavy atom. The average molecular weight is 328 g/mol. The van der Waals surface area contributed by atoms with Crippen LogP contribution in [0.1, 0.15) is 11.3 Å². The van der Waals surface area contributed by atoms with Crippen molar-refractivity contribution >= 4 is 21.6 Å². The highest BCUT2D eigenvalue weighted by Gasteiger charge is 2.14. The molecule has 0 bridgehead atoms. The first-order chi connectivity index (χ1) is 9.02. The first-order valence-electron chi connectivity index (χ1n) is 5.78. The van der Waals surface area contributed by atoms with E-state index >= 15 is 0 Å². The quantitative estimate of drug-likeness (QED) is 0.936. The van der Waals surface area contributed by atoms with E-state index in [2.05, 4.69) is 26.3 Å². The molecular weight excluding hydrogens is 313 g/mol. The number of hydrogen-bond acceptors (Lipinski definition) is 3. The molecule has 0 spiro atoms. The van der Waals surface area contributed by atoms with Crippen molar-refractivity contribution in [1.82, 2.24) is 9.78 Å². The van der Waals surface area contributed by atoms with Crippen LogP contribution < -0.4 is 10.1 Å². The second kappa shape index (κ2) is 5.61. The normalized spacial score (nSPS) is 10.6. The zero-order valence-corrected chi connectivity index (χ0v) is 12.6. The molecule has 2 rings (SSSR count). The Morgan fingerprint density at radius 2 is 2.21 bits per heavy atom. The van der Waals surface area contributed by atoms with Crippen LogP contribution in [0.3, 0.4) is 0 Å². The standard InChI is InChI=1S/C13H15BrFN3O/c1-8-10(13(19-3)18(2)17-8)7-16-12-6-9(14)4-5-11(12)15/h4-6,16H,7H2,1-3H3. The third-order valence-corrected chi connectivity index (χ3v) is 3.36. The van der Waals surface area contributed by atoms with Gasteiger partial charge >= 0.3 is 0 Å². The summed E-state index contributed by atoms with van der Waals surface area (Å²) in [7, 11) is 3.41. The Labute approximate surface area is 119 Å². The molecule has 0 unspecified atom stereocenters. The second-order valence-electron chi connectivity index (χ2n) is 4.17. The molecule has 0 atom stereocenters. The van der Waals surface area contributed by atoms with E-state index in [0.29, 0.717) is 18.1 Å². The van der Waals surface area contributed by atoms with Gasteiger partial charge in [-0.05, 0) is 25.1 Å². The van der Waals surface area contributed by atoms with Gasteiger partial charge in [-0.15, -0.1) is 0 Å². The number of rotatable bonds is 4. The number of benzene rings is 1. The zero-order chi connectivity index (χ0) is 14.0. The highest BCUT2D eigenvalue weighted by atomic mass is 79.9. The van der Waals surface area contributed by atoms with Crippen molar-refractivity contribution in [3.63, 3.8) is 0 Å². The summed E-state index contributed by atoms with van der Waals surface area (Å²) in [6.45, 7) is 2.35. The summed E-state index contributed by atoms with van der Waals surface area (Å²) >= 11 is 3.32. The predicted octanol–water partition coefficient (Wildman–Crippen LogP) is 3.25. The van der Waals surface area contributed by atoms with E-state index in [-0.39, 0.29) is 5.82 Å². The molecule has 0 fully saturated rings. The number of halogens is 2. The summed E-state index contributed by atoms with van der Waals surface area (Å²) in [6, 6.07) is 4.78. The van der Waals surface area contributed by atoms with Crippen LogP contribution in [-0.4, -0.2) is 16.9 Å². The molecule has 0 aliphatic heterocycles. The van der Waals surface area contributed by atoms with Gasteiger partial charge in [0, 0.05) is 18.1 Å². The lowest BCUT2D eigenvalue weighted by atomic mass is 10.2. The summed E-state index contributed by atoms with van der Waals surface area (Å²) in [5, 5.41) is 7.34. The van der Waals surface area contributed by atoms with E-state index in [9.17, 15) is 4.39 Å². The molecule has 1 aromatic carbocycles. The van der Waals surface area contributed by atoms with Gasteiger partial charge in [0.05, 0.1) is 24.1 Å². The summed E-state index contributed by atoms with van der Waals surface area (Å²) in [4.78, 5) is 0. The molecule has 0 aliphatic rings. The molecule has 2 aromatic rings. The smallest absolute Gasteiger partial charge is 0.216 e. The number of ether oxygens (including phenoxy) is 1. The maximum atomic E-state index is 13.6. The van der Waals surface area contributed by atoms with Crippen molar-refractivity contribution in [3.05, 3.63) is 39.7 Å². The Hall–Kier alpha value is -1.56. The van der Waals surface area contributed by atoms with E-state index in [1.165, 1.54) is 6.07 Å². The van der Waals surface area contributed by atoms with E-state index in [4.69, 9.17) is 4.74 Å². The lowest BCUT2D eigenvalue weighted by molar-refractivity contribution is 0.369. The molecule has 1 heterocycles. The second-order valence-corrected chi connectivity index (χ2v) is 5.09. The fraction of sp³-hybridized carbons (Fsp3) is 0.308. The molecule has 0 amide bonds. The molecule has 6 heteroatoms. The minimum atomic E-state index is -0.288. The first kappa shape index (κ1) is 13.9. The maximum absolute atomic E-state index is 13.6. The van der Waals surface area contributed by atoms with Crippen LogP contribution in [0.15, 0.2) is 22.7 Å². The van der Waals surface area contributed by atoms with E-state index in [1.807, 2.05) is 14.0 Å². The van der Waals surface area contributed by atoms with Crippen molar-refractivity contribution in [2.45, 2.75) is 13.5 Å². The van der Waals surface area contributed by atoms with Gasteiger partial charge in [-0.3, -0.25) is 0 Å². The zero-order valence-electron chi connectivity index (χ0n) is 11.0. The topological polar surface area (TPSA) is 39.1 Å². The monoisotopic (exact) mass is 327 g/mol. The average Bonchev–Trinajstić information content (AvgIpc) is 2.64. The van der Waals surface area contributed by atoms with Gasteiger partial charge < -0.3 is 10.1 Å². The highest BCUT2D eigenvalue weighted by molar-refractivity contribution is 9.10. The van der Waals surface area contributed by atoms with Crippen LogP contribution in [0, 0.1) is 12.7 Å². The Bertz CT molecular complexity index is 598. The fourth-order valence-electron chi connectivity index (χ4n) is 1.96. The molecule has 0 saturated carbocycles. The molecule has 0 aliphatic carbocycles. The molecule has 19 heavy (non-hydrogen) atoms. The van der Waals surface area contributed by atoms with Gasteiger partial charge in [-0.25, -0.2) is 9.07 Å². The highest BCUT2D eigenvalue weighted by Crippen LogP contribution is 2.24. The lowest BCUT2D eigenvalue weighted by Crippen LogP contribution is -2.04. The van der Waals surface area contributed by atoms with Crippen LogP contribution in [0.5, 0.6) is 5.88 Å². The SMILES string of the molecule is COc1c(CNc2cc(Br)ccc2F)c(C)nn1C. The third-order valence-electron chi connectivity index (χ3n) is 2.87. The maximum Gasteiger partial charge on any atom is 0.216 e. The van der Waals surface area contributed by atoms with Crippen LogP contribution in [0.2, 0.25) is 0 Å². The summed E-state index contributed by atoms with van der Waals surface area (Å²) in [6.07, 6.45) is 0. The first-order valence-corrected chi connectivity index (χ1v) is 6.57. The van der Waals surface area contributed by atoms with Gasteiger partial charge in [0.15, 0.2) is 0 Å². The van der Waals surface area contributed by atoms with Crippen LogP contribution in [0.4, 0.5) is 10.1 Å². The largest absolute Gasteiger partial charge is 0.481 e. The van der Waals surface area contributed by atoms with Crippen molar-refractivity contribution in [2.24, 2.45) is 7.05 Å². The molecule has 102 valence electrons. The number of nitrogens with one attached hydrogen (secondary N) is 1. The van der Waals surface area contributed by atoms with Gasteiger partial charge in [0.25, 0.3) is 0 Å². The van der Waals surface area contributed by atoms with Gasteiger partial charge in [-0.1, -0.05) is 15.9 Å². The minimum absolute atomic E-state index is 0.288. The molecule has 0 radical (unpaired) electrons. The predicted molar refractivity (Wildman–Crippen MR) is 75.9 cm³/mol. The molecule has 0 saturated heterocycles. The van der Waals surface area contributed by atoms with E-state index < -0.39 is 0 Å². The Morgan fingerprint density at radius 1 is 1.47 bits per heavy atom. The number of methoxy groups -OCH3 is 1. The molecule has 4 nitrogen and oxygen atoms in total. The van der Waals surface area contributed by atoms with Gasteiger partial charge in [-0.2, -0.15) is 5.10 Å². The molecule has 1 aromatic heterocycles. The Balaban J connectivity index is 2.21. The number of nitrogens with zero attached hydrogens (tertiary/aromatic N) is 2. The van der Waals surface area contributed by atoms with Crippen LogP contribution in [-0.2, 0) is 13.6 Å². The summed E-state index contributed by atoms with van der Waals surface area (Å²) in [5.74, 6) is 0.393. The number of aromatic nitrogens is 2. The van der Waals surface area contributed by atoms with Crippen molar-refractivity contribution in [2.75, 3.05) is 12.4 Å². The van der Waals surface area contributed by atoms with Crippen LogP contribution >= 0.6 is 15.9 Å². The molecular formula is C13H15BrFN3O. The Kier molecular flexibility index (Phi) is 4.09. The summed E-state index contributed by atoms with van der Waals surface area (Å²) < 4.78 is 21.4.